The highest BCUT2D eigenvalue weighted by Crippen LogP contribution is 2.22. The van der Waals surface area contributed by atoms with Crippen molar-refractivity contribution in [3.05, 3.63) is 90.7 Å². The van der Waals surface area contributed by atoms with Crippen molar-refractivity contribution in [1.82, 2.24) is 0 Å². The van der Waals surface area contributed by atoms with Crippen molar-refractivity contribution in [2.75, 3.05) is 0 Å². The molecule has 2 aromatic rings. The second-order valence-electron chi connectivity index (χ2n) is 5.62. The molecule has 0 unspecified atom stereocenters. The number of hydrogen-bond acceptors (Lipinski definition) is 5. The summed E-state index contributed by atoms with van der Waals surface area (Å²) in [6.45, 7) is 9.25. The fourth-order valence-electron chi connectivity index (χ4n) is 1.92. The van der Waals surface area contributed by atoms with Gasteiger partial charge in [0.1, 0.15) is 6.61 Å². The van der Waals surface area contributed by atoms with Crippen LogP contribution in [0.4, 0.5) is 0 Å². The van der Waals surface area contributed by atoms with Crippen LogP contribution in [-0.2, 0) is 20.9 Å². The van der Waals surface area contributed by atoms with Crippen molar-refractivity contribution < 1.29 is 14.3 Å². The molecular weight excluding hydrogens is 376 g/mol. The molecule has 0 aliphatic heterocycles. The Balaban J connectivity index is 1.81. The molecule has 0 fully saturated rings. The first-order valence-corrected chi connectivity index (χ1v) is 9.80. The summed E-state index contributed by atoms with van der Waals surface area (Å²) in [6, 6.07) is 15.3. The zero-order valence-electron chi connectivity index (χ0n) is 15.0. The van der Waals surface area contributed by atoms with Crippen LogP contribution in [0.15, 0.2) is 89.4 Å². The van der Waals surface area contributed by atoms with E-state index in [1.54, 1.807) is 13.2 Å². The van der Waals surface area contributed by atoms with E-state index in [0.29, 0.717) is 12.2 Å². The van der Waals surface area contributed by atoms with Crippen LogP contribution in [0.3, 0.4) is 0 Å². The monoisotopic (exact) mass is 396 g/mol. The van der Waals surface area contributed by atoms with Gasteiger partial charge in [-0.3, -0.25) is 9.59 Å². The molecule has 0 aliphatic carbocycles. The van der Waals surface area contributed by atoms with Crippen LogP contribution in [0.1, 0.15) is 18.1 Å². The molecule has 0 saturated heterocycles. The molecule has 0 amide bonds. The van der Waals surface area contributed by atoms with E-state index >= 15 is 0 Å². The van der Waals surface area contributed by atoms with Crippen molar-refractivity contribution >= 4 is 39.8 Å². The highest BCUT2D eigenvalue weighted by molar-refractivity contribution is 8.14. The Bertz CT molecular complexity index is 850. The fourth-order valence-corrected chi connectivity index (χ4v) is 3.17. The second kappa shape index (κ2) is 10.6. The predicted molar refractivity (Wildman–Crippen MR) is 113 cm³/mol. The van der Waals surface area contributed by atoms with Crippen LogP contribution in [0.25, 0.3) is 6.08 Å². The van der Waals surface area contributed by atoms with Gasteiger partial charge in [0.15, 0.2) is 0 Å². The number of rotatable bonds is 8. The second-order valence-corrected chi connectivity index (χ2v) is 7.75. The SMILES string of the molecule is C=CC(=O)Sc1ccc(CO/C=C/c2ccc(SC(=O)C(=C)C)cc2)cc1. The molecule has 2 aromatic carbocycles. The van der Waals surface area contributed by atoms with Crippen molar-refractivity contribution in [2.24, 2.45) is 0 Å². The highest BCUT2D eigenvalue weighted by atomic mass is 32.2. The molecule has 138 valence electrons. The average molecular weight is 397 g/mol. The molecule has 5 heteroatoms. The van der Waals surface area contributed by atoms with Gasteiger partial charge in [0.25, 0.3) is 0 Å². The van der Waals surface area contributed by atoms with Gasteiger partial charge in [-0.1, -0.05) is 37.4 Å². The summed E-state index contributed by atoms with van der Waals surface area (Å²) >= 11 is 2.31. The molecule has 0 saturated carbocycles. The third-order valence-corrected chi connectivity index (χ3v) is 5.27. The molecule has 27 heavy (non-hydrogen) atoms. The first-order valence-electron chi connectivity index (χ1n) is 8.17. The summed E-state index contributed by atoms with van der Waals surface area (Å²) < 4.78 is 5.55. The molecule has 3 nitrogen and oxygen atoms in total. The van der Waals surface area contributed by atoms with Crippen LogP contribution in [0.5, 0.6) is 0 Å². The Kier molecular flexibility index (Phi) is 8.17. The van der Waals surface area contributed by atoms with Crippen LogP contribution in [0, 0.1) is 0 Å². The number of benzene rings is 2. The number of carbonyl (C=O) groups is 2. The van der Waals surface area contributed by atoms with E-state index < -0.39 is 0 Å². The molecule has 0 radical (unpaired) electrons. The highest BCUT2D eigenvalue weighted by Gasteiger charge is 2.04. The van der Waals surface area contributed by atoms with Gasteiger partial charge in [0, 0.05) is 9.79 Å². The Morgan fingerprint density at radius 2 is 1.59 bits per heavy atom. The zero-order valence-corrected chi connectivity index (χ0v) is 16.6. The topological polar surface area (TPSA) is 43.4 Å². The van der Waals surface area contributed by atoms with E-state index in [4.69, 9.17) is 4.74 Å². The summed E-state index contributed by atoms with van der Waals surface area (Å²) in [5.41, 5.74) is 2.54. The summed E-state index contributed by atoms with van der Waals surface area (Å²) in [4.78, 5) is 24.7. The Hall–Kier alpha value is -2.50. The molecule has 0 heterocycles. The predicted octanol–water partition coefficient (Wildman–Crippen LogP) is 5.87. The van der Waals surface area contributed by atoms with E-state index in [1.807, 2.05) is 54.6 Å². The Morgan fingerprint density at radius 1 is 1.00 bits per heavy atom. The minimum Gasteiger partial charge on any atom is -0.496 e. The van der Waals surface area contributed by atoms with Crippen LogP contribution in [0.2, 0.25) is 0 Å². The maximum atomic E-state index is 11.6. The standard InChI is InChI=1S/C22H20O3S2/c1-4-21(23)26-19-11-7-18(8-12-19)15-25-14-13-17-5-9-20(10-6-17)27-22(24)16(2)3/h4-14H,1-2,15H2,3H3/b14-13+. The lowest BCUT2D eigenvalue weighted by molar-refractivity contribution is -0.108. The van der Waals surface area contributed by atoms with E-state index in [9.17, 15) is 9.59 Å². The van der Waals surface area contributed by atoms with Gasteiger partial charge < -0.3 is 4.74 Å². The average Bonchev–Trinajstić information content (AvgIpc) is 2.67. The quantitative estimate of drug-likeness (QED) is 0.317. The van der Waals surface area contributed by atoms with Gasteiger partial charge in [-0.25, -0.2) is 0 Å². The van der Waals surface area contributed by atoms with Gasteiger partial charge in [-0.05, 0) is 83.6 Å². The molecular formula is C22H20O3S2. The number of ether oxygens (including phenoxy) is 1. The number of thioether (sulfide) groups is 2. The molecule has 0 N–H and O–H groups in total. The maximum Gasteiger partial charge on any atom is 0.219 e. The van der Waals surface area contributed by atoms with Crippen molar-refractivity contribution in [3.63, 3.8) is 0 Å². The molecule has 0 aromatic heterocycles. The molecule has 0 atom stereocenters. The Morgan fingerprint density at radius 3 is 2.19 bits per heavy atom. The summed E-state index contributed by atoms with van der Waals surface area (Å²) in [7, 11) is 0. The van der Waals surface area contributed by atoms with E-state index in [2.05, 4.69) is 13.2 Å². The largest absolute Gasteiger partial charge is 0.496 e. The number of hydrogen-bond donors (Lipinski definition) is 0. The van der Waals surface area contributed by atoms with Crippen molar-refractivity contribution in [3.8, 4) is 0 Å². The normalized spacial score (nSPS) is 10.6. The van der Waals surface area contributed by atoms with E-state index in [1.165, 1.54) is 17.8 Å². The lowest BCUT2D eigenvalue weighted by Gasteiger charge is -2.03. The fraction of sp³-hybridized carbons (Fsp3) is 0.0909. The van der Waals surface area contributed by atoms with Crippen LogP contribution < -0.4 is 0 Å². The minimum atomic E-state index is -0.0738. The zero-order chi connectivity index (χ0) is 19.6. The van der Waals surface area contributed by atoms with Crippen LogP contribution in [-0.4, -0.2) is 10.2 Å². The van der Waals surface area contributed by atoms with Crippen molar-refractivity contribution in [2.45, 2.75) is 23.3 Å². The van der Waals surface area contributed by atoms with Gasteiger partial charge in [-0.2, -0.15) is 0 Å². The lowest BCUT2D eigenvalue weighted by atomic mass is 10.2. The molecule has 2 rings (SSSR count). The smallest absolute Gasteiger partial charge is 0.219 e. The third kappa shape index (κ3) is 7.33. The van der Waals surface area contributed by atoms with Crippen LogP contribution >= 0.6 is 23.5 Å². The third-order valence-electron chi connectivity index (χ3n) is 3.35. The van der Waals surface area contributed by atoms with E-state index in [0.717, 1.165) is 32.7 Å². The first kappa shape index (κ1) is 20.8. The van der Waals surface area contributed by atoms with Gasteiger partial charge in [0.2, 0.25) is 10.2 Å². The van der Waals surface area contributed by atoms with Gasteiger partial charge >= 0.3 is 0 Å². The first-order chi connectivity index (χ1) is 13.0. The molecule has 0 bridgehead atoms. The summed E-state index contributed by atoms with van der Waals surface area (Å²) in [5, 5.41) is -0.102. The lowest BCUT2D eigenvalue weighted by Crippen LogP contribution is -1.90. The van der Waals surface area contributed by atoms with Gasteiger partial charge in [0.05, 0.1) is 6.26 Å². The summed E-state index contributed by atoms with van der Waals surface area (Å²) in [5.74, 6) is 0. The van der Waals surface area contributed by atoms with E-state index in [-0.39, 0.29) is 10.2 Å². The Labute approximate surface area is 168 Å². The number of carbonyl (C=O) groups excluding carboxylic acids is 2. The minimum absolute atomic E-state index is 0.0279. The maximum absolute atomic E-state index is 11.6. The van der Waals surface area contributed by atoms with Crippen molar-refractivity contribution in [1.29, 1.82) is 0 Å². The molecule has 0 spiro atoms. The summed E-state index contributed by atoms with van der Waals surface area (Å²) in [6.07, 6.45) is 4.81. The molecule has 0 aliphatic rings. The van der Waals surface area contributed by atoms with Gasteiger partial charge in [-0.15, -0.1) is 0 Å².